The van der Waals surface area contributed by atoms with Gasteiger partial charge in [-0.1, -0.05) is 57.4 Å². The van der Waals surface area contributed by atoms with Gasteiger partial charge in [0.2, 0.25) is 17.7 Å². The van der Waals surface area contributed by atoms with Crippen molar-refractivity contribution in [3.63, 3.8) is 0 Å². The van der Waals surface area contributed by atoms with E-state index in [2.05, 4.69) is 29.4 Å². The fourth-order valence-corrected chi connectivity index (χ4v) is 7.94. The molecule has 5 aliphatic rings. The topological polar surface area (TPSA) is 91.0 Å². The van der Waals surface area contributed by atoms with Gasteiger partial charge in [0.25, 0.3) is 0 Å². The molecule has 4 fully saturated rings. The number of hydrogen-bond donors (Lipinski definition) is 2. The van der Waals surface area contributed by atoms with Crippen molar-refractivity contribution in [1.29, 1.82) is 0 Å². The van der Waals surface area contributed by atoms with E-state index in [0.717, 1.165) is 50.9 Å². The first-order chi connectivity index (χ1) is 19.3. The molecule has 40 heavy (non-hydrogen) atoms. The molecule has 1 aliphatic carbocycles. The SMILES string of the molecule is Cc1cccc(NC(=O)[C@@H]2[C@@H]3C=C[C@]4(O3)[C@@H]2C(=O)N(CCN2CCCCC2)[C@H]4C(=O)N[C@@H]2CCC[C@@H](C)[C@H]2C)c1. The van der Waals surface area contributed by atoms with Crippen LogP contribution in [-0.2, 0) is 19.1 Å². The van der Waals surface area contributed by atoms with Crippen molar-refractivity contribution in [2.24, 2.45) is 23.7 Å². The van der Waals surface area contributed by atoms with Gasteiger partial charge >= 0.3 is 0 Å². The monoisotopic (exact) mass is 548 g/mol. The normalized spacial score (nSPS) is 37.0. The first-order valence-electron chi connectivity index (χ1n) is 15.4. The molecule has 0 unspecified atom stereocenters. The summed E-state index contributed by atoms with van der Waals surface area (Å²) in [5.41, 5.74) is 0.626. The molecule has 1 saturated carbocycles. The van der Waals surface area contributed by atoms with Crippen molar-refractivity contribution in [1.82, 2.24) is 15.1 Å². The van der Waals surface area contributed by atoms with Gasteiger partial charge in [0, 0.05) is 24.8 Å². The first-order valence-corrected chi connectivity index (χ1v) is 15.4. The Morgan fingerprint density at radius 3 is 2.62 bits per heavy atom. The minimum absolute atomic E-state index is 0.0775. The average Bonchev–Trinajstić information content (AvgIpc) is 3.58. The van der Waals surface area contributed by atoms with Crippen molar-refractivity contribution in [2.75, 3.05) is 31.5 Å². The maximum absolute atomic E-state index is 14.2. The number of amides is 3. The van der Waals surface area contributed by atoms with Crippen LogP contribution in [0.5, 0.6) is 0 Å². The third-order valence-electron chi connectivity index (χ3n) is 10.4. The zero-order chi connectivity index (χ0) is 28.0. The van der Waals surface area contributed by atoms with Gasteiger partial charge < -0.3 is 25.2 Å². The maximum Gasteiger partial charge on any atom is 0.246 e. The molecule has 1 spiro atoms. The zero-order valence-electron chi connectivity index (χ0n) is 24.1. The summed E-state index contributed by atoms with van der Waals surface area (Å²) in [6.45, 7) is 9.67. The molecule has 8 nitrogen and oxygen atoms in total. The van der Waals surface area contributed by atoms with Crippen LogP contribution >= 0.6 is 0 Å². The van der Waals surface area contributed by atoms with Gasteiger partial charge in [-0.2, -0.15) is 0 Å². The van der Waals surface area contributed by atoms with Crippen LogP contribution in [0, 0.1) is 30.6 Å². The lowest BCUT2D eigenvalue weighted by atomic mass is 9.73. The van der Waals surface area contributed by atoms with Crippen LogP contribution < -0.4 is 10.6 Å². The molecular weight excluding hydrogens is 504 g/mol. The lowest BCUT2D eigenvalue weighted by Gasteiger charge is -2.38. The van der Waals surface area contributed by atoms with Gasteiger partial charge in [0.05, 0.1) is 17.9 Å². The highest BCUT2D eigenvalue weighted by Crippen LogP contribution is 2.55. The zero-order valence-corrected chi connectivity index (χ0v) is 24.1. The highest BCUT2D eigenvalue weighted by Gasteiger charge is 2.72. The van der Waals surface area contributed by atoms with E-state index in [1.54, 1.807) is 4.90 Å². The van der Waals surface area contributed by atoms with Gasteiger partial charge in [-0.25, -0.2) is 0 Å². The second kappa shape index (κ2) is 10.9. The minimum atomic E-state index is -1.12. The number of carbonyl (C=O) groups is 3. The predicted octanol–water partition coefficient (Wildman–Crippen LogP) is 3.51. The number of likely N-dealkylation sites (tertiary alicyclic amines) is 2. The summed E-state index contributed by atoms with van der Waals surface area (Å²) in [5, 5.41) is 6.37. The summed E-state index contributed by atoms with van der Waals surface area (Å²) in [6.07, 6.45) is 10.1. The molecule has 216 valence electrons. The van der Waals surface area contributed by atoms with E-state index in [1.807, 2.05) is 43.3 Å². The number of fused-ring (bicyclic) bond motifs is 1. The number of benzene rings is 1. The lowest BCUT2D eigenvalue weighted by molar-refractivity contribution is -0.142. The molecule has 3 amide bonds. The third kappa shape index (κ3) is 4.77. The summed E-state index contributed by atoms with van der Waals surface area (Å²) in [4.78, 5) is 46.2. The number of ether oxygens (including phenoxy) is 1. The minimum Gasteiger partial charge on any atom is -0.359 e. The molecule has 3 saturated heterocycles. The van der Waals surface area contributed by atoms with Crippen LogP contribution in [0.25, 0.3) is 0 Å². The highest BCUT2D eigenvalue weighted by molar-refractivity contribution is 6.02. The average molecular weight is 549 g/mol. The molecule has 4 aliphatic heterocycles. The number of carbonyl (C=O) groups excluding carboxylic acids is 3. The molecule has 2 N–H and O–H groups in total. The lowest BCUT2D eigenvalue weighted by Crippen LogP contribution is -2.58. The summed E-state index contributed by atoms with van der Waals surface area (Å²) >= 11 is 0. The summed E-state index contributed by atoms with van der Waals surface area (Å²) in [6, 6.07) is 6.95. The summed E-state index contributed by atoms with van der Waals surface area (Å²) in [7, 11) is 0. The third-order valence-corrected chi connectivity index (χ3v) is 10.4. The molecule has 0 radical (unpaired) electrons. The van der Waals surface area contributed by atoms with E-state index in [9.17, 15) is 14.4 Å². The Hall–Kier alpha value is -2.71. The molecule has 0 aromatic heterocycles. The van der Waals surface area contributed by atoms with Crippen LogP contribution in [0.3, 0.4) is 0 Å². The number of anilines is 1. The van der Waals surface area contributed by atoms with Crippen LogP contribution in [-0.4, -0.2) is 77.5 Å². The van der Waals surface area contributed by atoms with E-state index >= 15 is 0 Å². The molecule has 8 atom stereocenters. The van der Waals surface area contributed by atoms with Gasteiger partial charge in [-0.15, -0.1) is 0 Å². The number of nitrogens with zero attached hydrogens (tertiary/aromatic N) is 2. The van der Waals surface area contributed by atoms with Crippen molar-refractivity contribution >= 4 is 23.4 Å². The summed E-state index contributed by atoms with van der Waals surface area (Å²) < 4.78 is 6.53. The van der Waals surface area contributed by atoms with E-state index < -0.39 is 29.6 Å². The molecule has 1 aromatic carbocycles. The van der Waals surface area contributed by atoms with Crippen molar-refractivity contribution in [2.45, 2.75) is 83.1 Å². The fraction of sp³-hybridized carbons (Fsp3) is 0.656. The van der Waals surface area contributed by atoms with Crippen LogP contribution in [0.1, 0.15) is 57.9 Å². The Bertz CT molecular complexity index is 1180. The Labute approximate surface area is 237 Å². The van der Waals surface area contributed by atoms with E-state index in [0.29, 0.717) is 24.1 Å². The molecule has 4 heterocycles. The second-order valence-corrected chi connectivity index (χ2v) is 12.9. The summed E-state index contributed by atoms with van der Waals surface area (Å²) in [5.74, 6) is -1.00. The Morgan fingerprint density at radius 2 is 1.85 bits per heavy atom. The Kier molecular flexibility index (Phi) is 7.51. The maximum atomic E-state index is 14.2. The quantitative estimate of drug-likeness (QED) is 0.509. The van der Waals surface area contributed by atoms with Gasteiger partial charge in [-0.05, 0) is 68.8 Å². The standard InChI is InChI=1S/C32H44N4O4/c1-20-9-7-11-23(19-20)33-29(37)26-25-13-14-32(40-25)27(26)31(39)36(18-17-35-15-5-4-6-16-35)28(32)30(38)34-24-12-8-10-21(2)22(24)3/h7,9,11,13-14,19,21-22,24-28H,4-6,8,10,12,15-18H2,1-3H3,(H,33,37)(H,34,38)/t21-,22-,24-,25+,26-,27+,28+,32+/m1/s1. The van der Waals surface area contributed by atoms with Crippen molar-refractivity contribution in [3.05, 3.63) is 42.0 Å². The molecule has 8 heteroatoms. The number of nitrogens with one attached hydrogen (secondary N) is 2. The molecule has 2 bridgehead atoms. The molecule has 1 aromatic rings. The van der Waals surface area contributed by atoms with Crippen LogP contribution in [0.15, 0.2) is 36.4 Å². The Balaban J connectivity index is 1.27. The number of piperidine rings is 1. The van der Waals surface area contributed by atoms with E-state index in [1.165, 1.54) is 12.8 Å². The highest BCUT2D eigenvalue weighted by atomic mass is 16.5. The first kappa shape index (κ1) is 27.5. The van der Waals surface area contributed by atoms with Gasteiger partial charge in [0.15, 0.2) is 0 Å². The van der Waals surface area contributed by atoms with Crippen molar-refractivity contribution in [3.8, 4) is 0 Å². The van der Waals surface area contributed by atoms with E-state index in [4.69, 9.17) is 4.74 Å². The number of rotatable bonds is 7. The van der Waals surface area contributed by atoms with Gasteiger partial charge in [-0.3, -0.25) is 14.4 Å². The number of hydrogen-bond acceptors (Lipinski definition) is 5. The predicted molar refractivity (Wildman–Crippen MR) is 153 cm³/mol. The fourth-order valence-electron chi connectivity index (χ4n) is 7.94. The molecular formula is C32H44N4O4. The van der Waals surface area contributed by atoms with Crippen molar-refractivity contribution < 1.29 is 19.1 Å². The van der Waals surface area contributed by atoms with E-state index in [-0.39, 0.29) is 23.8 Å². The largest absolute Gasteiger partial charge is 0.359 e. The Morgan fingerprint density at radius 1 is 1.05 bits per heavy atom. The van der Waals surface area contributed by atoms with Crippen LogP contribution in [0.2, 0.25) is 0 Å². The number of aryl methyl sites for hydroxylation is 1. The second-order valence-electron chi connectivity index (χ2n) is 12.9. The molecule has 6 rings (SSSR count). The van der Waals surface area contributed by atoms with Crippen LogP contribution in [0.4, 0.5) is 5.69 Å². The smallest absolute Gasteiger partial charge is 0.246 e. The van der Waals surface area contributed by atoms with Gasteiger partial charge in [0.1, 0.15) is 11.6 Å².